The summed E-state index contributed by atoms with van der Waals surface area (Å²) in [7, 11) is -2.31. The molecule has 114 valence electrons. The van der Waals surface area contributed by atoms with Gasteiger partial charge >= 0.3 is 7.60 Å². The summed E-state index contributed by atoms with van der Waals surface area (Å²) < 4.78 is 27.7. The fourth-order valence-corrected chi connectivity index (χ4v) is 3.16. The first kappa shape index (κ1) is 17.3. The Bertz CT molecular complexity index is 578. The average Bonchev–Trinajstić information content (AvgIpc) is 2.48. The molecule has 1 aromatic carbocycles. The molecule has 1 rings (SSSR count). The van der Waals surface area contributed by atoms with Crippen LogP contribution in [0, 0.1) is 11.3 Å². The molecular formula is C14H18NO5P. The van der Waals surface area contributed by atoms with Gasteiger partial charge in [-0.1, -0.05) is 0 Å². The third kappa shape index (κ3) is 4.08. The second-order valence-corrected chi connectivity index (χ2v) is 5.83. The summed E-state index contributed by atoms with van der Waals surface area (Å²) in [6.07, 6.45) is 0. The average molecular weight is 311 g/mol. The maximum Gasteiger partial charge on any atom is 0.375 e. The van der Waals surface area contributed by atoms with Crippen LogP contribution in [-0.2, 0) is 13.6 Å². The normalized spacial score (nSPS) is 12.5. The second-order valence-electron chi connectivity index (χ2n) is 3.87. The number of aliphatic hydroxyl groups is 1. The van der Waals surface area contributed by atoms with Crippen LogP contribution < -0.4 is 4.74 Å². The van der Waals surface area contributed by atoms with E-state index in [1.54, 1.807) is 44.2 Å². The maximum absolute atomic E-state index is 12.6. The number of nitrogens with zero attached hydrogens (tertiary/aromatic N) is 1. The third-order valence-electron chi connectivity index (χ3n) is 2.57. The number of allylic oxidation sites excluding steroid dienone is 1. The van der Waals surface area contributed by atoms with Crippen molar-refractivity contribution in [3.63, 3.8) is 0 Å². The minimum absolute atomic E-state index is 0.0956. The molecule has 21 heavy (non-hydrogen) atoms. The minimum Gasteiger partial charge on any atom is -0.506 e. The first-order valence-corrected chi connectivity index (χ1v) is 7.94. The first-order chi connectivity index (χ1) is 10.0. The molecular weight excluding hydrogens is 293 g/mol. The van der Waals surface area contributed by atoms with Gasteiger partial charge < -0.3 is 18.9 Å². The van der Waals surface area contributed by atoms with Crippen molar-refractivity contribution >= 4 is 13.4 Å². The van der Waals surface area contributed by atoms with Crippen LogP contribution >= 0.6 is 7.60 Å². The van der Waals surface area contributed by atoms with Crippen molar-refractivity contribution in [2.75, 3.05) is 20.3 Å². The van der Waals surface area contributed by atoms with Gasteiger partial charge in [-0.05, 0) is 38.1 Å². The highest BCUT2D eigenvalue weighted by atomic mass is 31.2. The highest BCUT2D eigenvalue weighted by Gasteiger charge is 2.33. The molecule has 0 aliphatic carbocycles. The summed E-state index contributed by atoms with van der Waals surface area (Å²) >= 11 is 0. The summed E-state index contributed by atoms with van der Waals surface area (Å²) in [4.78, 5) is 0. The third-order valence-corrected chi connectivity index (χ3v) is 4.62. The predicted octanol–water partition coefficient (Wildman–Crippen LogP) is 3.71. The Morgan fingerprint density at radius 1 is 1.24 bits per heavy atom. The minimum atomic E-state index is -3.83. The van der Waals surface area contributed by atoms with E-state index in [-0.39, 0.29) is 13.2 Å². The van der Waals surface area contributed by atoms with Gasteiger partial charge in [0.1, 0.15) is 17.6 Å². The number of hydrogen-bond acceptors (Lipinski definition) is 6. The van der Waals surface area contributed by atoms with Crippen LogP contribution in [0.4, 0.5) is 0 Å². The molecule has 0 fully saturated rings. The number of ether oxygens (including phenoxy) is 1. The van der Waals surface area contributed by atoms with Crippen LogP contribution in [0.1, 0.15) is 19.4 Å². The lowest BCUT2D eigenvalue weighted by Crippen LogP contribution is -2.00. The Labute approximate surface area is 124 Å². The molecule has 6 nitrogen and oxygen atoms in total. The van der Waals surface area contributed by atoms with Crippen molar-refractivity contribution in [2.24, 2.45) is 0 Å². The Kier molecular flexibility index (Phi) is 6.44. The topological polar surface area (TPSA) is 88.8 Å². The van der Waals surface area contributed by atoms with E-state index >= 15 is 0 Å². The van der Waals surface area contributed by atoms with E-state index in [4.69, 9.17) is 13.8 Å². The van der Waals surface area contributed by atoms with Crippen molar-refractivity contribution in [3.05, 3.63) is 35.1 Å². The Hall–Kier alpha value is -1.80. The fraction of sp³-hybridized carbons (Fsp3) is 0.357. The number of rotatable bonds is 7. The van der Waals surface area contributed by atoms with Crippen molar-refractivity contribution in [1.82, 2.24) is 0 Å². The van der Waals surface area contributed by atoms with Gasteiger partial charge in [-0.25, -0.2) is 0 Å². The standard InChI is InChI=1S/C14H18NO5P/c1-4-19-21(17,20-5-2)13(10-15)14(16)11-6-8-12(18-3)9-7-11/h6-9,16H,4-5H2,1-3H3. The number of methoxy groups -OCH3 is 1. The lowest BCUT2D eigenvalue weighted by Gasteiger charge is -2.17. The van der Waals surface area contributed by atoms with Crippen LogP contribution in [-0.4, -0.2) is 25.4 Å². The molecule has 0 unspecified atom stereocenters. The van der Waals surface area contributed by atoms with E-state index in [0.717, 1.165) is 0 Å². The predicted molar refractivity (Wildman–Crippen MR) is 79.0 cm³/mol. The van der Waals surface area contributed by atoms with Gasteiger partial charge in [0.2, 0.25) is 0 Å². The number of hydrogen-bond donors (Lipinski definition) is 1. The monoisotopic (exact) mass is 311 g/mol. The molecule has 0 atom stereocenters. The molecule has 0 heterocycles. The van der Waals surface area contributed by atoms with Gasteiger partial charge in [-0.3, -0.25) is 4.57 Å². The quantitative estimate of drug-likeness (QED) is 0.469. The summed E-state index contributed by atoms with van der Waals surface area (Å²) in [5.74, 6) is 0.174. The second kappa shape index (κ2) is 7.84. The van der Waals surface area contributed by atoms with Gasteiger partial charge in [0.25, 0.3) is 0 Å². The van der Waals surface area contributed by atoms with Crippen LogP contribution in [0.2, 0.25) is 0 Å². The molecule has 0 aromatic heterocycles. The zero-order valence-electron chi connectivity index (χ0n) is 12.2. The zero-order valence-corrected chi connectivity index (χ0v) is 13.1. The molecule has 7 heteroatoms. The molecule has 1 aromatic rings. The van der Waals surface area contributed by atoms with Gasteiger partial charge in [-0.15, -0.1) is 0 Å². The molecule has 1 N–H and O–H groups in total. The van der Waals surface area contributed by atoms with Crippen LogP contribution in [0.3, 0.4) is 0 Å². The lowest BCUT2D eigenvalue weighted by molar-refractivity contribution is 0.227. The van der Waals surface area contributed by atoms with Gasteiger partial charge in [0.05, 0.1) is 20.3 Å². The zero-order chi connectivity index (χ0) is 15.9. The molecule has 0 saturated carbocycles. The van der Waals surface area contributed by atoms with E-state index < -0.39 is 18.7 Å². The summed E-state index contributed by atoms with van der Waals surface area (Å²) in [5.41, 5.74) is 0.326. The highest BCUT2D eigenvalue weighted by molar-refractivity contribution is 7.59. The maximum atomic E-state index is 12.6. The molecule has 0 bridgehead atoms. The molecule has 0 radical (unpaired) electrons. The largest absolute Gasteiger partial charge is 0.506 e. The van der Waals surface area contributed by atoms with E-state index in [2.05, 4.69) is 0 Å². The van der Waals surface area contributed by atoms with E-state index in [1.807, 2.05) is 0 Å². The SMILES string of the molecule is CCOP(=O)(OCC)C(C#N)=C(O)c1ccc(OC)cc1. The van der Waals surface area contributed by atoms with Crippen LogP contribution in [0.25, 0.3) is 5.76 Å². The molecule has 0 saturated heterocycles. The number of benzene rings is 1. The Balaban J connectivity index is 3.31. The van der Waals surface area contributed by atoms with Gasteiger partial charge in [-0.2, -0.15) is 5.26 Å². The molecule has 0 aliphatic heterocycles. The number of aliphatic hydroxyl groups excluding tert-OH is 1. The Morgan fingerprint density at radius 2 is 1.76 bits per heavy atom. The van der Waals surface area contributed by atoms with Crippen LogP contribution in [0.15, 0.2) is 29.6 Å². The molecule has 0 aliphatic rings. The van der Waals surface area contributed by atoms with Crippen LogP contribution in [0.5, 0.6) is 5.75 Å². The fourth-order valence-electron chi connectivity index (χ4n) is 1.64. The van der Waals surface area contributed by atoms with E-state index in [0.29, 0.717) is 11.3 Å². The smallest absolute Gasteiger partial charge is 0.375 e. The summed E-state index contributed by atoms with van der Waals surface area (Å²) in [6.45, 7) is 3.45. The number of nitriles is 1. The highest BCUT2D eigenvalue weighted by Crippen LogP contribution is 2.57. The lowest BCUT2D eigenvalue weighted by atomic mass is 10.2. The van der Waals surface area contributed by atoms with E-state index in [1.165, 1.54) is 7.11 Å². The van der Waals surface area contributed by atoms with Crippen molar-refractivity contribution in [1.29, 1.82) is 5.26 Å². The molecule has 0 amide bonds. The first-order valence-electron chi connectivity index (χ1n) is 6.39. The Morgan fingerprint density at radius 3 is 2.14 bits per heavy atom. The molecule has 0 spiro atoms. The summed E-state index contributed by atoms with van der Waals surface area (Å²) in [6, 6.07) is 8.06. The van der Waals surface area contributed by atoms with Crippen molar-refractivity contribution < 1.29 is 23.5 Å². The van der Waals surface area contributed by atoms with Gasteiger partial charge in [0, 0.05) is 5.56 Å². The van der Waals surface area contributed by atoms with Crippen molar-refractivity contribution in [3.8, 4) is 11.8 Å². The summed E-state index contributed by atoms with van der Waals surface area (Å²) in [5, 5.41) is 19.0. The van der Waals surface area contributed by atoms with Crippen molar-refractivity contribution in [2.45, 2.75) is 13.8 Å². The van der Waals surface area contributed by atoms with Gasteiger partial charge in [0.15, 0.2) is 5.31 Å². The van der Waals surface area contributed by atoms with E-state index in [9.17, 15) is 14.9 Å².